The summed E-state index contributed by atoms with van der Waals surface area (Å²) in [6.07, 6.45) is 5.49. The van der Waals surface area contributed by atoms with E-state index < -0.39 is 0 Å². The molecule has 20 heavy (non-hydrogen) atoms. The van der Waals surface area contributed by atoms with Crippen molar-refractivity contribution in [2.45, 2.75) is 38.3 Å². The molecule has 2 fully saturated rings. The Bertz CT molecular complexity index is 432. The van der Waals surface area contributed by atoms with Crippen molar-refractivity contribution in [3.8, 4) is 0 Å². The van der Waals surface area contributed by atoms with E-state index >= 15 is 0 Å². The molecule has 110 valence electrons. The third-order valence-electron chi connectivity index (χ3n) is 4.69. The topological polar surface area (TPSA) is 6.48 Å². The molecule has 0 spiro atoms. The van der Waals surface area contributed by atoms with E-state index in [4.69, 9.17) is 11.6 Å². The zero-order chi connectivity index (χ0) is 13.9. The van der Waals surface area contributed by atoms with Crippen LogP contribution in [0.1, 0.15) is 31.2 Å². The van der Waals surface area contributed by atoms with Crippen LogP contribution in [0.5, 0.6) is 0 Å². The van der Waals surface area contributed by atoms with Crippen LogP contribution in [0.3, 0.4) is 0 Å². The largest absolute Gasteiger partial charge is 0.298 e. The average Bonchev–Trinajstić information content (AvgIpc) is 2.98. The molecule has 1 saturated carbocycles. The van der Waals surface area contributed by atoms with Gasteiger partial charge in [-0.2, -0.15) is 0 Å². The number of halogens is 2. The molecule has 0 aromatic heterocycles. The van der Waals surface area contributed by atoms with Gasteiger partial charge in [0.05, 0.1) is 0 Å². The lowest BCUT2D eigenvalue weighted by Crippen LogP contribution is -2.49. The maximum atomic E-state index is 13.8. The van der Waals surface area contributed by atoms with Crippen molar-refractivity contribution in [1.29, 1.82) is 0 Å². The van der Waals surface area contributed by atoms with Crippen LogP contribution in [0.2, 0.25) is 5.02 Å². The Labute approximate surface area is 125 Å². The van der Waals surface area contributed by atoms with Gasteiger partial charge in [0.1, 0.15) is 5.82 Å². The summed E-state index contributed by atoms with van der Waals surface area (Å²) in [5, 5.41) is 0.545. The standard InChI is InChI=1S/C16H22ClFN2/c17-15-6-3-7-16(18)14(15)12-19-8-10-20(11-9-19)13-4-1-2-5-13/h3,6-7,13H,1-2,4-5,8-12H2. The minimum Gasteiger partial charge on any atom is -0.298 e. The van der Waals surface area contributed by atoms with Gasteiger partial charge in [-0.25, -0.2) is 4.39 Å². The zero-order valence-corrected chi connectivity index (χ0v) is 12.6. The highest BCUT2D eigenvalue weighted by Gasteiger charge is 2.26. The van der Waals surface area contributed by atoms with Crippen molar-refractivity contribution in [3.05, 3.63) is 34.6 Å². The molecule has 0 bridgehead atoms. The van der Waals surface area contributed by atoms with Crippen molar-refractivity contribution >= 4 is 11.6 Å². The van der Waals surface area contributed by atoms with E-state index in [0.717, 1.165) is 32.2 Å². The lowest BCUT2D eigenvalue weighted by molar-refractivity contribution is 0.0930. The molecule has 1 aliphatic heterocycles. The molecule has 2 aliphatic rings. The molecular formula is C16H22ClFN2. The summed E-state index contributed by atoms with van der Waals surface area (Å²) in [4.78, 5) is 4.93. The fourth-order valence-electron chi connectivity index (χ4n) is 3.46. The van der Waals surface area contributed by atoms with Crippen molar-refractivity contribution < 1.29 is 4.39 Å². The lowest BCUT2D eigenvalue weighted by atomic mass is 10.1. The van der Waals surface area contributed by atoms with Crippen molar-refractivity contribution in [3.63, 3.8) is 0 Å². The molecule has 0 atom stereocenters. The van der Waals surface area contributed by atoms with Gasteiger partial charge in [0.15, 0.2) is 0 Å². The van der Waals surface area contributed by atoms with Gasteiger partial charge in [-0.3, -0.25) is 9.80 Å². The summed E-state index contributed by atoms with van der Waals surface area (Å²) in [5.74, 6) is -0.185. The second-order valence-corrected chi connectivity index (χ2v) is 6.36. The molecule has 4 heteroatoms. The van der Waals surface area contributed by atoms with Gasteiger partial charge in [0.25, 0.3) is 0 Å². The van der Waals surface area contributed by atoms with Gasteiger partial charge in [-0.15, -0.1) is 0 Å². The Kier molecular flexibility index (Phi) is 4.59. The first-order valence-corrected chi connectivity index (χ1v) is 8.01. The first-order chi connectivity index (χ1) is 9.74. The molecule has 1 heterocycles. The molecule has 1 aromatic carbocycles. The molecule has 0 N–H and O–H groups in total. The number of nitrogens with zero attached hydrogens (tertiary/aromatic N) is 2. The number of hydrogen-bond acceptors (Lipinski definition) is 2. The number of benzene rings is 1. The van der Waals surface area contributed by atoms with E-state index in [0.29, 0.717) is 17.1 Å². The first-order valence-electron chi connectivity index (χ1n) is 7.63. The lowest BCUT2D eigenvalue weighted by Gasteiger charge is -2.38. The minimum absolute atomic E-state index is 0.185. The predicted molar refractivity (Wildman–Crippen MR) is 80.5 cm³/mol. The summed E-state index contributed by atoms with van der Waals surface area (Å²) < 4.78 is 13.8. The van der Waals surface area contributed by atoms with Crippen molar-refractivity contribution in [2.24, 2.45) is 0 Å². The van der Waals surface area contributed by atoms with E-state index in [1.807, 2.05) is 0 Å². The average molecular weight is 297 g/mol. The van der Waals surface area contributed by atoms with E-state index in [2.05, 4.69) is 9.80 Å². The summed E-state index contributed by atoms with van der Waals surface area (Å²) in [6, 6.07) is 5.73. The second-order valence-electron chi connectivity index (χ2n) is 5.95. The van der Waals surface area contributed by atoms with Crippen LogP contribution in [0, 0.1) is 5.82 Å². The maximum absolute atomic E-state index is 13.8. The van der Waals surface area contributed by atoms with E-state index in [1.54, 1.807) is 12.1 Å². The van der Waals surface area contributed by atoms with Crippen LogP contribution in [0.25, 0.3) is 0 Å². The highest BCUT2D eigenvalue weighted by molar-refractivity contribution is 6.31. The van der Waals surface area contributed by atoms with Gasteiger partial charge in [-0.1, -0.05) is 30.5 Å². The normalized spacial score (nSPS) is 22.5. The molecule has 0 unspecified atom stereocenters. The summed E-state index contributed by atoms with van der Waals surface area (Å²) in [6.45, 7) is 4.87. The Morgan fingerprint density at radius 1 is 1.10 bits per heavy atom. The molecule has 1 aliphatic carbocycles. The number of piperazine rings is 1. The third kappa shape index (κ3) is 3.16. The molecule has 0 radical (unpaired) electrons. The van der Waals surface area contributed by atoms with E-state index in [9.17, 15) is 4.39 Å². The van der Waals surface area contributed by atoms with Crippen LogP contribution in [-0.4, -0.2) is 42.0 Å². The van der Waals surface area contributed by atoms with Crippen LogP contribution in [0.15, 0.2) is 18.2 Å². The van der Waals surface area contributed by atoms with Crippen molar-refractivity contribution in [2.75, 3.05) is 26.2 Å². The summed E-state index contributed by atoms with van der Waals surface area (Å²) in [5.41, 5.74) is 0.642. The molecule has 2 nitrogen and oxygen atoms in total. The number of hydrogen-bond donors (Lipinski definition) is 0. The van der Waals surface area contributed by atoms with Gasteiger partial charge >= 0.3 is 0 Å². The van der Waals surface area contributed by atoms with Gasteiger partial charge in [0, 0.05) is 49.4 Å². The molecular weight excluding hydrogens is 275 g/mol. The fourth-order valence-corrected chi connectivity index (χ4v) is 3.69. The monoisotopic (exact) mass is 296 g/mol. The van der Waals surface area contributed by atoms with Gasteiger partial charge < -0.3 is 0 Å². The number of rotatable bonds is 3. The fraction of sp³-hybridized carbons (Fsp3) is 0.625. The SMILES string of the molecule is Fc1cccc(Cl)c1CN1CCN(C2CCCC2)CC1. The first kappa shape index (κ1) is 14.3. The smallest absolute Gasteiger partial charge is 0.129 e. The zero-order valence-electron chi connectivity index (χ0n) is 11.8. The highest BCUT2D eigenvalue weighted by Crippen LogP contribution is 2.25. The Morgan fingerprint density at radius 3 is 2.45 bits per heavy atom. The Morgan fingerprint density at radius 2 is 1.80 bits per heavy atom. The minimum atomic E-state index is -0.185. The van der Waals surface area contributed by atoms with Crippen LogP contribution < -0.4 is 0 Å². The van der Waals surface area contributed by atoms with Crippen LogP contribution in [-0.2, 0) is 6.54 Å². The molecule has 1 saturated heterocycles. The van der Waals surface area contributed by atoms with Gasteiger partial charge in [0.2, 0.25) is 0 Å². The van der Waals surface area contributed by atoms with Crippen LogP contribution in [0.4, 0.5) is 4.39 Å². The molecule has 3 rings (SSSR count). The van der Waals surface area contributed by atoms with Crippen LogP contribution >= 0.6 is 11.6 Å². The van der Waals surface area contributed by atoms with E-state index in [-0.39, 0.29) is 5.82 Å². The highest BCUT2D eigenvalue weighted by atomic mass is 35.5. The summed E-state index contributed by atoms with van der Waals surface area (Å²) >= 11 is 6.10. The predicted octanol–water partition coefficient (Wildman–Crippen LogP) is 3.54. The maximum Gasteiger partial charge on any atom is 0.129 e. The van der Waals surface area contributed by atoms with Crippen molar-refractivity contribution in [1.82, 2.24) is 9.80 Å². The van der Waals surface area contributed by atoms with E-state index in [1.165, 1.54) is 31.7 Å². The quantitative estimate of drug-likeness (QED) is 0.842. The Balaban J connectivity index is 1.56. The molecule has 0 amide bonds. The summed E-state index contributed by atoms with van der Waals surface area (Å²) in [7, 11) is 0. The third-order valence-corrected chi connectivity index (χ3v) is 5.05. The Hall–Kier alpha value is -0.640. The molecule has 1 aromatic rings. The van der Waals surface area contributed by atoms with Gasteiger partial charge in [-0.05, 0) is 25.0 Å². The second kappa shape index (κ2) is 6.42.